The van der Waals surface area contributed by atoms with E-state index in [1.807, 2.05) is 36.4 Å². The van der Waals surface area contributed by atoms with E-state index in [1.165, 1.54) is 0 Å². The molecule has 3 nitrogen and oxygen atoms in total. The minimum atomic E-state index is -0.323. The smallest absolute Gasteiger partial charge is 0.489 e. The maximum atomic E-state index is 6.07. The molecule has 0 atom stereocenters. The van der Waals surface area contributed by atoms with Crippen molar-refractivity contribution >= 4 is 28.5 Å². The van der Waals surface area contributed by atoms with Crippen molar-refractivity contribution in [3.8, 4) is 5.75 Å². The second-order valence-corrected chi connectivity index (χ2v) is 7.99. The molecule has 1 fully saturated rings. The summed E-state index contributed by atoms with van der Waals surface area (Å²) in [6, 6.07) is 16.0. The SMILES string of the molecule is CC1(C)OB(c2ccc(COc3ccc(Br)cc3)cc2)OC1(C)C. The Bertz CT molecular complexity index is 680. The first kappa shape index (κ1) is 17.5. The van der Waals surface area contributed by atoms with Crippen LogP contribution in [0.1, 0.15) is 33.3 Å². The highest BCUT2D eigenvalue weighted by atomic mass is 79.9. The van der Waals surface area contributed by atoms with Crippen LogP contribution in [0.3, 0.4) is 0 Å². The zero-order valence-corrected chi connectivity index (χ0v) is 16.1. The molecular weight excluding hydrogens is 367 g/mol. The molecule has 1 aliphatic rings. The average molecular weight is 389 g/mol. The molecule has 0 aliphatic carbocycles. The zero-order valence-electron chi connectivity index (χ0n) is 14.5. The number of ether oxygens (including phenoxy) is 1. The van der Waals surface area contributed by atoms with Crippen LogP contribution in [0.15, 0.2) is 53.0 Å². The molecule has 0 saturated carbocycles. The fourth-order valence-corrected chi connectivity index (χ4v) is 2.71. The van der Waals surface area contributed by atoms with Gasteiger partial charge in [0.15, 0.2) is 0 Å². The number of benzene rings is 2. The summed E-state index contributed by atoms with van der Waals surface area (Å²) in [5.74, 6) is 0.855. The summed E-state index contributed by atoms with van der Waals surface area (Å²) in [5, 5.41) is 0. The van der Waals surface area contributed by atoms with Crippen molar-refractivity contribution in [3.05, 3.63) is 58.6 Å². The molecule has 0 N–H and O–H groups in total. The predicted molar refractivity (Wildman–Crippen MR) is 101 cm³/mol. The highest BCUT2D eigenvalue weighted by Crippen LogP contribution is 2.36. The monoisotopic (exact) mass is 388 g/mol. The second-order valence-electron chi connectivity index (χ2n) is 7.07. The Morgan fingerprint density at radius 2 is 1.42 bits per heavy atom. The van der Waals surface area contributed by atoms with Crippen molar-refractivity contribution in [2.75, 3.05) is 0 Å². The van der Waals surface area contributed by atoms with Crippen LogP contribution in [0, 0.1) is 0 Å². The van der Waals surface area contributed by atoms with Gasteiger partial charge < -0.3 is 14.0 Å². The first-order chi connectivity index (χ1) is 11.3. The Morgan fingerprint density at radius 1 is 0.875 bits per heavy atom. The van der Waals surface area contributed by atoms with Crippen molar-refractivity contribution < 1.29 is 14.0 Å². The summed E-state index contributed by atoms with van der Waals surface area (Å²) < 4.78 is 19.0. The Balaban J connectivity index is 1.63. The number of rotatable bonds is 4. The molecule has 24 heavy (non-hydrogen) atoms. The first-order valence-electron chi connectivity index (χ1n) is 8.10. The summed E-state index contributed by atoms with van der Waals surface area (Å²) in [4.78, 5) is 0. The van der Waals surface area contributed by atoms with E-state index in [-0.39, 0.29) is 18.3 Å². The minimum absolute atomic E-state index is 0.318. The van der Waals surface area contributed by atoms with Crippen molar-refractivity contribution in [3.63, 3.8) is 0 Å². The van der Waals surface area contributed by atoms with Crippen LogP contribution < -0.4 is 10.2 Å². The molecule has 1 heterocycles. The van der Waals surface area contributed by atoms with Crippen LogP contribution >= 0.6 is 15.9 Å². The lowest BCUT2D eigenvalue weighted by Gasteiger charge is -2.32. The third-order valence-corrected chi connectivity index (χ3v) is 5.25. The molecule has 1 saturated heterocycles. The van der Waals surface area contributed by atoms with Gasteiger partial charge in [0, 0.05) is 4.47 Å². The summed E-state index contributed by atoms with van der Waals surface area (Å²) in [7, 11) is -0.323. The molecule has 5 heteroatoms. The fourth-order valence-electron chi connectivity index (χ4n) is 2.45. The van der Waals surface area contributed by atoms with Crippen LogP contribution in [0.5, 0.6) is 5.75 Å². The Labute approximate surface area is 152 Å². The van der Waals surface area contributed by atoms with Gasteiger partial charge in [-0.15, -0.1) is 0 Å². The van der Waals surface area contributed by atoms with Gasteiger partial charge in [0.1, 0.15) is 12.4 Å². The normalized spacial score (nSPS) is 18.6. The second kappa shape index (κ2) is 6.55. The summed E-state index contributed by atoms with van der Waals surface area (Å²) in [6.07, 6.45) is 0. The third kappa shape index (κ3) is 3.69. The van der Waals surface area contributed by atoms with Gasteiger partial charge in [-0.3, -0.25) is 0 Å². The van der Waals surface area contributed by atoms with Crippen LogP contribution in [0.25, 0.3) is 0 Å². The van der Waals surface area contributed by atoms with Crippen molar-refractivity contribution in [1.29, 1.82) is 0 Å². The third-order valence-electron chi connectivity index (χ3n) is 4.72. The highest BCUT2D eigenvalue weighted by molar-refractivity contribution is 9.10. The predicted octanol–water partition coefficient (Wildman–Crippen LogP) is 4.33. The largest absolute Gasteiger partial charge is 0.494 e. The number of hydrogen-bond donors (Lipinski definition) is 0. The lowest BCUT2D eigenvalue weighted by atomic mass is 9.79. The van der Waals surface area contributed by atoms with E-state index in [9.17, 15) is 0 Å². The molecule has 0 amide bonds. The number of halogens is 1. The number of hydrogen-bond acceptors (Lipinski definition) is 3. The van der Waals surface area contributed by atoms with Gasteiger partial charge in [-0.05, 0) is 63.0 Å². The van der Waals surface area contributed by atoms with Crippen molar-refractivity contribution in [2.24, 2.45) is 0 Å². The van der Waals surface area contributed by atoms with Crippen molar-refractivity contribution in [1.82, 2.24) is 0 Å². The maximum absolute atomic E-state index is 6.07. The van der Waals surface area contributed by atoms with E-state index in [1.54, 1.807) is 0 Å². The molecular formula is C19H22BBrO3. The van der Waals surface area contributed by atoms with Crippen LogP contribution in [0.2, 0.25) is 0 Å². The minimum Gasteiger partial charge on any atom is -0.489 e. The van der Waals surface area contributed by atoms with E-state index in [4.69, 9.17) is 14.0 Å². The van der Waals surface area contributed by atoms with Crippen LogP contribution in [-0.4, -0.2) is 18.3 Å². The van der Waals surface area contributed by atoms with Gasteiger partial charge in [0.25, 0.3) is 0 Å². The van der Waals surface area contributed by atoms with E-state index in [2.05, 4.69) is 55.8 Å². The van der Waals surface area contributed by atoms with Gasteiger partial charge >= 0.3 is 7.12 Å². The van der Waals surface area contributed by atoms with Gasteiger partial charge in [0.05, 0.1) is 11.2 Å². The van der Waals surface area contributed by atoms with E-state index >= 15 is 0 Å². The highest BCUT2D eigenvalue weighted by Gasteiger charge is 2.51. The summed E-state index contributed by atoms with van der Waals surface area (Å²) in [5.41, 5.74) is 1.50. The molecule has 0 unspecified atom stereocenters. The quantitative estimate of drug-likeness (QED) is 0.729. The van der Waals surface area contributed by atoms with Gasteiger partial charge in [0.2, 0.25) is 0 Å². The molecule has 2 aromatic carbocycles. The lowest BCUT2D eigenvalue weighted by Crippen LogP contribution is -2.41. The lowest BCUT2D eigenvalue weighted by molar-refractivity contribution is 0.00578. The van der Waals surface area contributed by atoms with E-state index in [0.717, 1.165) is 21.2 Å². The molecule has 1 aliphatic heterocycles. The van der Waals surface area contributed by atoms with E-state index < -0.39 is 0 Å². The molecule has 0 radical (unpaired) electrons. The standard InChI is InChI=1S/C19H22BBrO3/c1-18(2)19(3,4)24-20(23-18)15-7-5-14(6-8-15)13-22-17-11-9-16(21)10-12-17/h5-12H,13H2,1-4H3. The first-order valence-corrected chi connectivity index (χ1v) is 8.89. The fraction of sp³-hybridized carbons (Fsp3) is 0.368. The zero-order chi connectivity index (χ0) is 17.4. The van der Waals surface area contributed by atoms with Gasteiger partial charge in [-0.1, -0.05) is 40.2 Å². The summed E-state index contributed by atoms with van der Waals surface area (Å²) >= 11 is 3.42. The molecule has 0 aromatic heterocycles. The van der Waals surface area contributed by atoms with Crippen LogP contribution in [-0.2, 0) is 15.9 Å². The maximum Gasteiger partial charge on any atom is 0.494 e. The topological polar surface area (TPSA) is 27.7 Å². The van der Waals surface area contributed by atoms with Crippen molar-refractivity contribution in [2.45, 2.75) is 45.5 Å². The molecule has 0 spiro atoms. The van der Waals surface area contributed by atoms with Gasteiger partial charge in [-0.25, -0.2) is 0 Å². The molecule has 0 bridgehead atoms. The van der Waals surface area contributed by atoms with E-state index in [0.29, 0.717) is 6.61 Å². The molecule has 3 rings (SSSR count). The Morgan fingerprint density at radius 3 is 1.96 bits per heavy atom. The summed E-state index contributed by atoms with van der Waals surface area (Å²) in [6.45, 7) is 8.78. The molecule has 2 aromatic rings. The average Bonchev–Trinajstić information content (AvgIpc) is 2.75. The molecule has 126 valence electrons. The Kier molecular flexibility index (Phi) is 4.78. The Hall–Kier alpha value is -1.30. The van der Waals surface area contributed by atoms with Gasteiger partial charge in [-0.2, -0.15) is 0 Å². The van der Waals surface area contributed by atoms with Crippen LogP contribution in [0.4, 0.5) is 0 Å².